The lowest BCUT2D eigenvalue weighted by molar-refractivity contribution is -0.137. The van der Waals surface area contributed by atoms with Crippen molar-refractivity contribution in [3.63, 3.8) is 0 Å². The van der Waals surface area contributed by atoms with Crippen molar-refractivity contribution in [2.45, 2.75) is 25.1 Å². The Labute approximate surface area is 170 Å². The number of alkyl halides is 3. The lowest BCUT2D eigenvalue weighted by Crippen LogP contribution is -2.50. The second kappa shape index (κ2) is 8.92. The van der Waals surface area contributed by atoms with Gasteiger partial charge in [-0.1, -0.05) is 11.6 Å². The van der Waals surface area contributed by atoms with E-state index in [9.17, 15) is 22.8 Å². The average molecular weight is 436 g/mol. The maximum Gasteiger partial charge on any atom is 0.418 e. The average Bonchev–Trinajstić information content (AvgIpc) is 3.10. The molecule has 0 saturated carbocycles. The minimum Gasteiger partial charge on any atom is -0.340 e. The highest BCUT2D eigenvalue weighted by molar-refractivity contribution is 7.99. The van der Waals surface area contributed by atoms with E-state index in [1.165, 1.54) is 6.07 Å². The van der Waals surface area contributed by atoms with Crippen LogP contribution < -0.4 is 5.32 Å². The first-order valence-corrected chi connectivity index (χ1v) is 10.6. The van der Waals surface area contributed by atoms with Crippen LogP contribution in [0.25, 0.3) is 0 Å². The molecule has 28 heavy (non-hydrogen) atoms. The highest BCUT2D eigenvalue weighted by atomic mass is 35.5. The van der Waals surface area contributed by atoms with Crippen LogP contribution in [0.15, 0.2) is 18.2 Å². The lowest BCUT2D eigenvalue weighted by atomic mass is 10.1. The van der Waals surface area contributed by atoms with Gasteiger partial charge >= 0.3 is 6.18 Å². The number of likely N-dealkylation sites (tertiary alicyclic amines) is 1. The number of halogens is 4. The molecule has 0 spiro atoms. The molecule has 0 aromatic heterocycles. The van der Waals surface area contributed by atoms with Crippen LogP contribution >= 0.6 is 23.4 Å². The van der Waals surface area contributed by atoms with E-state index >= 15 is 0 Å². The van der Waals surface area contributed by atoms with Crippen molar-refractivity contribution in [3.05, 3.63) is 28.8 Å². The van der Waals surface area contributed by atoms with Gasteiger partial charge in [0.25, 0.3) is 0 Å². The quantitative estimate of drug-likeness (QED) is 0.788. The van der Waals surface area contributed by atoms with E-state index in [4.69, 9.17) is 11.6 Å². The molecule has 0 radical (unpaired) electrons. The monoisotopic (exact) mass is 435 g/mol. The van der Waals surface area contributed by atoms with E-state index < -0.39 is 17.6 Å². The van der Waals surface area contributed by atoms with E-state index in [2.05, 4.69) is 5.32 Å². The van der Waals surface area contributed by atoms with Crippen LogP contribution in [0.5, 0.6) is 0 Å². The van der Waals surface area contributed by atoms with Crippen LogP contribution in [0.1, 0.15) is 18.4 Å². The third-order valence-electron chi connectivity index (χ3n) is 4.88. The lowest BCUT2D eigenvalue weighted by Gasteiger charge is -2.32. The third-order valence-corrected chi connectivity index (χ3v) is 6.06. The van der Waals surface area contributed by atoms with Gasteiger partial charge in [0.2, 0.25) is 11.8 Å². The SMILES string of the molecule is O=C(CN1CCCC1C(=O)N1CCSCC1)Nc1ccc(Cl)cc1C(F)(F)F. The molecule has 2 saturated heterocycles. The number of thioether (sulfide) groups is 1. The Morgan fingerprint density at radius 2 is 1.93 bits per heavy atom. The molecule has 2 aliphatic heterocycles. The fraction of sp³-hybridized carbons (Fsp3) is 0.556. The minimum atomic E-state index is -4.63. The van der Waals surface area contributed by atoms with Gasteiger partial charge in [0.1, 0.15) is 0 Å². The predicted octanol–water partition coefficient (Wildman–Crippen LogP) is 3.34. The molecular formula is C18H21ClF3N3O2S. The number of benzene rings is 1. The zero-order valence-corrected chi connectivity index (χ0v) is 16.7. The summed E-state index contributed by atoms with van der Waals surface area (Å²) < 4.78 is 39.6. The summed E-state index contributed by atoms with van der Waals surface area (Å²) in [5, 5.41) is 2.26. The zero-order valence-electron chi connectivity index (χ0n) is 15.1. The molecule has 10 heteroatoms. The predicted molar refractivity (Wildman–Crippen MR) is 104 cm³/mol. The number of rotatable bonds is 4. The molecule has 2 heterocycles. The van der Waals surface area contributed by atoms with E-state index in [0.29, 0.717) is 26.1 Å². The molecule has 1 N–H and O–H groups in total. The fourth-order valence-corrected chi connectivity index (χ4v) is 4.60. The molecule has 2 aliphatic rings. The Kier molecular flexibility index (Phi) is 6.77. The van der Waals surface area contributed by atoms with Crippen molar-refractivity contribution in [3.8, 4) is 0 Å². The first-order chi connectivity index (χ1) is 13.3. The molecular weight excluding hydrogens is 415 g/mol. The largest absolute Gasteiger partial charge is 0.418 e. The number of anilines is 1. The van der Waals surface area contributed by atoms with Crippen LogP contribution in [0, 0.1) is 0 Å². The Morgan fingerprint density at radius 3 is 2.61 bits per heavy atom. The Hall–Kier alpha value is -1.45. The molecule has 1 aromatic rings. The smallest absolute Gasteiger partial charge is 0.340 e. The van der Waals surface area contributed by atoms with Crippen LogP contribution in [0.3, 0.4) is 0 Å². The van der Waals surface area contributed by atoms with E-state index in [-0.39, 0.29) is 29.2 Å². The highest BCUT2D eigenvalue weighted by Crippen LogP contribution is 2.36. The van der Waals surface area contributed by atoms with E-state index in [0.717, 1.165) is 30.1 Å². The summed E-state index contributed by atoms with van der Waals surface area (Å²) in [7, 11) is 0. The standard InChI is InChI=1S/C18H21ClF3N3O2S/c19-12-3-4-14(13(10-12)18(20,21)22)23-16(26)11-25-5-1-2-15(25)17(27)24-6-8-28-9-7-24/h3-4,10,15H,1-2,5-9,11H2,(H,23,26). The van der Waals surface area contributed by atoms with Gasteiger partial charge in [-0.15, -0.1) is 0 Å². The number of nitrogens with zero attached hydrogens (tertiary/aromatic N) is 2. The normalized spacial score (nSPS) is 21.0. The second-order valence-electron chi connectivity index (χ2n) is 6.80. The maximum atomic E-state index is 13.2. The summed E-state index contributed by atoms with van der Waals surface area (Å²) >= 11 is 7.46. The summed E-state index contributed by atoms with van der Waals surface area (Å²) in [6, 6.07) is 2.83. The highest BCUT2D eigenvalue weighted by Gasteiger charge is 2.36. The number of nitrogens with one attached hydrogen (secondary N) is 1. The van der Waals surface area contributed by atoms with E-state index in [1.807, 2.05) is 4.90 Å². The van der Waals surface area contributed by atoms with Crippen molar-refractivity contribution in [2.75, 3.05) is 43.0 Å². The Balaban J connectivity index is 1.65. The molecule has 2 fully saturated rings. The first kappa shape index (κ1) is 21.3. The molecule has 1 atom stereocenters. The summed E-state index contributed by atoms with van der Waals surface area (Å²) in [4.78, 5) is 28.7. The molecule has 5 nitrogen and oxygen atoms in total. The third kappa shape index (κ3) is 5.12. The van der Waals surface area contributed by atoms with Crippen LogP contribution in [-0.4, -0.2) is 65.3 Å². The van der Waals surface area contributed by atoms with Gasteiger partial charge in [0, 0.05) is 29.6 Å². The number of carbonyl (C=O) groups excluding carboxylic acids is 2. The van der Waals surface area contributed by atoms with Crippen LogP contribution in [0.2, 0.25) is 5.02 Å². The minimum absolute atomic E-state index is 0.00748. The van der Waals surface area contributed by atoms with Crippen LogP contribution in [-0.2, 0) is 15.8 Å². The van der Waals surface area contributed by atoms with Gasteiger partial charge in [0.05, 0.1) is 23.8 Å². The summed E-state index contributed by atoms with van der Waals surface area (Å²) in [5.74, 6) is 1.22. The van der Waals surface area contributed by atoms with Crippen LogP contribution in [0.4, 0.5) is 18.9 Å². The maximum absolute atomic E-state index is 13.2. The molecule has 0 bridgehead atoms. The zero-order chi connectivity index (χ0) is 20.3. The van der Waals surface area contributed by atoms with Crippen molar-refractivity contribution in [1.82, 2.24) is 9.80 Å². The molecule has 3 rings (SSSR count). The van der Waals surface area contributed by atoms with Gasteiger partial charge in [-0.2, -0.15) is 24.9 Å². The van der Waals surface area contributed by atoms with Crippen molar-refractivity contribution in [2.24, 2.45) is 0 Å². The molecule has 0 aliphatic carbocycles. The van der Waals surface area contributed by atoms with Crippen molar-refractivity contribution in [1.29, 1.82) is 0 Å². The van der Waals surface area contributed by atoms with Gasteiger partial charge < -0.3 is 10.2 Å². The van der Waals surface area contributed by atoms with E-state index in [1.54, 1.807) is 16.7 Å². The van der Waals surface area contributed by atoms with Gasteiger partial charge in [0.15, 0.2) is 0 Å². The number of amides is 2. The van der Waals surface area contributed by atoms with Gasteiger partial charge in [-0.3, -0.25) is 14.5 Å². The Morgan fingerprint density at radius 1 is 1.21 bits per heavy atom. The van der Waals surface area contributed by atoms with Gasteiger partial charge in [-0.25, -0.2) is 0 Å². The van der Waals surface area contributed by atoms with Gasteiger partial charge in [-0.05, 0) is 37.6 Å². The molecule has 1 unspecified atom stereocenters. The number of hydrogen-bond donors (Lipinski definition) is 1. The van der Waals surface area contributed by atoms with Crippen molar-refractivity contribution >= 4 is 40.9 Å². The number of carbonyl (C=O) groups is 2. The first-order valence-electron chi connectivity index (χ1n) is 9.03. The fourth-order valence-electron chi connectivity index (χ4n) is 3.52. The van der Waals surface area contributed by atoms with Crippen molar-refractivity contribution < 1.29 is 22.8 Å². The summed E-state index contributed by atoms with van der Waals surface area (Å²) in [6.45, 7) is 1.83. The molecule has 2 amide bonds. The topological polar surface area (TPSA) is 52.7 Å². The number of hydrogen-bond acceptors (Lipinski definition) is 4. The Bertz CT molecular complexity index is 741. The summed E-state index contributed by atoms with van der Waals surface area (Å²) in [6.07, 6.45) is -3.20. The summed E-state index contributed by atoms with van der Waals surface area (Å²) in [5.41, 5.74) is -1.33. The second-order valence-corrected chi connectivity index (χ2v) is 8.46. The molecule has 154 valence electrons. The molecule has 1 aromatic carbocycles.